The molecule has 164 valence electrons. The Hall–Kier alpha value is -3.26. The third-order valence-electron chi connectivity index (χ3n) is 4.88. The molecule has 31 heavy (non-hydrogen) atoms. The summed E-state index contributed by atoms with van der Waals surface area (Å²) in [6.45, 7) is 1.62. The second-order valence-electron chi connectivity index (χ2n) is 6.64. The largest absolute Gasteiger partial charge is 0.493 e. The molecule has 0 aromatic heterocycles. The van der Waals surface area contributed by atoms with Gasteiger partial charge in [0, 0.05) is 16.8 Å². The van der Waals surface area contributed by atoms with Crippen LogP contribution < -0.4 is 20.1 Å². The maximum absolute atomic E-state index is 14.2. The van der Waals surface area contributed by atoms with Crippen LogP contribution in [-0.4, -0.2) is 26.2 Å². The number of para-hydroxylation sites is 1. The van der Waals surface area contributed by atoms with Crippen LogP contribution in [0.2, 0.25) is 5.02 Å². The molecular formula is C22H22ClFN2O5. The van der Waals surface area contributed by atoms with Gasteiger partial charge >= 0.3 is 12.0 Å². The fraction of sp³-hybridized carbons (Fsp3) is 0.273. The lowest BCUT2D eigenvalue weighted by Gasteiger charge is -2.30. The van der Waals surface area contributed by atoms with Gasteiger partial charge in [-0.15, -0.1) is 0 Å². The molecule has 2 aromatic carbocycles. The molecule has 7 nitrogen and oxygen atoms in total. The first-order valence-corrected chi connectivity index (χ1v) is 9.90. The topological polar surface area (TPSA) is 85.9 Å². The number of esters is 1. The molecule has 0 spiro atoms. The maximum Gasteiger partial charge on any atom is 0.337 e. The lowest BCUT2D eigenvalue weighted by molar-refractivity contribution is -0.136. The maximum atomic E-state index is 14.2. The second-order valence-corrected chi connectivity index (χ2v) is 7.04. The Labute approximate surface area is 184 Å². The Morgan fingerprint density at radius 3 is 2.58 bits per heavy atom. The van der Waals surface area contributed by atoms with Crippen LogP contribution in [0.4, 0.5) is 9.18 Å². The minimum Gasteiger partial charge on any atom is -0.493 e. The highest BCUT2D eigenvalue weighted by atomic mass is 35.5. The van der Waals surface area contributed by atoms with Crippen LogP contribution in [0.1, 0.15) is 30.5 Å². The number of hydrogen-bond donors (Lipinski definition) is 2. The number of hydrogen-bond acceptors (Lipinski definition) is 5. The minimum absolute atomic E-state index is 0.174. The van der Waals surface area contributed by atoms with E-state index in [1.165, 1.54) is 26.4 Å². The molecule has 1 atom stereocenters. The number of allylic oxidation sites excluding steroid dienone is 1. The molecule has 2 aromatic rings. The van der Waals surface area contributed by atoms with Crippen molar-refractivity contribution >= 4 is 23.6 Å². The molecule has 2 amide bonds. The lowest BCUT2D eigenvalue weighted by atomic mass is 9.93. The van der Waals surface area contributed by atoms with Gasteiger partial charge in [0.15, 0.2) is 11.5 Å². The van der Waals surface area contributed by atoms with Crippen molar-refractivity contribution in [1.29, 1.82) is 0 Å². The van der Waals surface area contributed by atoms with Gasteiger partial charge in [-0.25, -0.2) is 14.0 Å². The summed E-state index contributed by atoms with van der Waals surface area (Å²) in [6, 6.07) is 8.06. The van der Waals surface area contributed by atoms with E-state index in [0.717, 1.165) is 0 Å². The number of methoxy groups -OCH3 is 2. The van der Waals surface area contributed by atoms with Crippen LogP contribution in [0.15, 0.2) is 47.7 Å². The third-order valence-corrected chi connectivity index (χ3v) is 5.23. The number of nitrogens with one attached hydrogen (secondary N) is 2. The monoisotopic (exact) mass is 448 g/mol. The Morgan fingerprint density at radius 1 is 1.19 bits per heavy atom. The fourth-order valence-electron chi connectivity index (χ4n) is 3.37. The lowest BCUT2D eigenvalue weighted by Crippen LogP contribution is -2.45. The van der Waals surface area contributed by atoms with Gasteiger partial charge in [0.25, 0.3) is 0 Å². The number of urea groups is 1. The van der Waals surface area contributed by atoms with Crippen LogP contribution in [0.3, 0.4) is 0 Å². The summed E-state index contributed by atoms with van der Waals surface area (Å²) in [5, 5.41) is 5.59. The van der Waals surface area contributed by atoms with E-state index in [0.29, 0.717) is 23.4 Å². The quantitative estimate of drug-likeness (QED) is 0.618. The van der Waals surface area contributed by atoms with Crippen LogP contribution in [-0.2, 0) is 16.1 Å². The predicted octanol–water partition coefficient (Wildman–Crippen LogP) is 4.26. The Morgan fingerprint density at radius 2 is 1.94 bits per heavy atom. The van der Waals surface area contributed by atoms with E-state index in [2.05, 4.69) is 10.6 Å². The number of ether oxygens (including phenoxy) is 3. The molecule has 0 saturated carbocycles. The van der Waals surface area contributed by atoms with Gasteiger partial charge in [0.1, 0.15) is 12.4 Å². The van der Waals surface area contributed by atoms with Crippen molar-refractivity contribution in [3.05, 3.63) is 69.6 Å². The highest BCUT2D eigenvalue weighted by molar-refractivity contribution is 6.31. The molecule has 3 rings (SSSR count). The molecule has 0 saturated heterocycles. The molecule has 0 radical (unpaired) electrons. The van der Waals surface area contributed by atoms with Crippen molar-refractivity contribution in [3.8, 4) is 11.5 Å². The Bertz CT molecular complexity index is 1020. The molecule has 1 aliphatic heterocycles. The van der Waals surface area contributed by atoms with Crippen molar-refractivity contribution in [2.24, 2.45) is 0 Å². The van der Waals surface area contributed by atoms with Crippen LogP contribution in [0.25, 0.3) is 0 Å². The zero-order chi connectivity index (χ0) is 22.5. The number of benzene rings is 2. The summed E-state index contributed by atoms with van der Waals surface area (Å²) >= 11 is 6.11. The summed E-state index contributed by atoms with van der Waals surface area (Å²) in [5.74, 6) is -0.517. The van der Waals surface area contributed by atoms with Crippen molar-refractivity contribution in [2.45, 2.75) is 26.0 Å². The number of halogens is 2. The Kier molecular flexibility index (Phi) is 7.02. The number of carbonyl (C=O) groups is 2. The van der Waals surface area contributed by atoms with E-state index in [1.807, 2.05) is 6.92 Å². The number of carbonyl (C=O) groups excluding carboxylic acids is 2. The van der Waals surface area contributed by atoms with Crippen molar-refractivity contribution < 1.29 is 28.2 Å². The van der Waals surface area contributed by atoms with Gasteiger partial charge in [0.05, 0.1) is 30.9 Å². The first-order chi connectivity index (χ1) is 14.9. The average molecular weight is 449 g/mol. The number of amides is 2. The van der Waals surface area contributed by atoms with Crippen molar-refractivity contribution in [1.82, 2.24) is 10.6 Å². The van der Waals surface area contributed by atoms with Crippen molar-refractivity contribution in [2.75, 3.05) is 14.2 Å². The highest BCUT2D eigenvalue weighted by Gasteiger charge is 2.35. The minimum atomic E-state index is -0.864. The summed E-state index contributed by atoms with van der Waals surface area (Å²) in [7, 11) is 2.72. The molecule has 9 heteroatoms. The molecule has 0 bridgehead atoms. The third kappa shape index (κ3) is 4.59. The highest BCUT2D eigenvalue weighted by Crippen LogP contribution is 2.40. The van der Waals surface area contributed by atoms with E-state index >= 15 is 0 Å². The molecule has 1 aliphatic rings. The van der Waals surface area contributed by atoms with E-state index in [1.54, 1.807) is 24.3 Å². The molecule has 0 aliphatic carbocycles. The van der Waals surface area contributed by atoms with E-state index < -0.39 is 23.9 Å². The number of rotatable bonds is 7. The summed E-state index contributed by atoms with van der Waals surface area (Å²) in [4.78, 5) is 24.8. The summed E-state index contributed by atoms with van der Waals surface area (Å²) < 4.78 is 30.5. The fourth-order valence-corrected chi connectivity index (χ4v) is 3.59. The Balaban J connectivity index is 2.08. The van der Waals surface area contributed by atoms with Gasteiger partial charge < -0.3 is 24.8 Å². The van der Waals surface area contributed by atoms with Crippen molar-refractivity contribution in [3.63, 3.8) is 0 Å². The predicted molar refractivity (Wildman–Crippen MR) is 112 cm³/mol. The van der Waals surface area contributed by atoms with Gasteiger partial charge in [-0.1, -0.05) is 36.7 Å². The van der Waals surface area contributed by atoms with Gasteiger partial charge in [-0.05, 0) is 24.6 Å². The summed E-state index contributed by atoms with van der Waals surface area (Å²) in [6.07, 6.45) is 0.402. The normalized spacial score (nSPS) is 15.8. The van der Waals surface area contributed by atoms with Crippen LogP contribution >= 0.6 is 11.6 Å². The van der Waals surface area contributed by atoms with Crippen LogP contribution in [0.5, 0.6) is 11.5 Å². The molecule has 1 heterocycles. The van der Waals surface area contributed by atoms with E-state index in [-0.39, 0.29) is 28.5 Å². The smallest absolute Gasteiger partial charge is 0.337 e. The second kappa shape index (κ2) is 9.70. The van der Waals surface area contributed by atoms with Crippen LogP contribution in [0, 0.1) is 5.82 Å². The standard InChI is InChI=1S/C22H22ClFN2O5/c1-4-16-18(21(27)30-3)19(26-22(28)25-16)12-7-5-10-17(29-2)20(12)31-11-13-14(23)8-6-9-15(13)24/h5-10,19H,4,11H2,1-3H3,(H2,25,26,28). The zero-order valence-electron chi connectivity index (χ0n) is 17.3. The SMILES string of the molecule is CCC1=C(C(=O)OC)C(c2cccc(OC)c2OCc2c(F)cccc2Cl)NC(=O)N1. The summed E-state index contributed by atoms with van der Waals surface area (Å²) in [5.41, 5.74) is 1.31. The van der Waals surface area contributed by atoms with Gasteiger partial charge in [-0.2, -0.15) is 0 Å². The van der Waals surface area contributed by atoms with E-state index in [4.69, 9.17) is 25.8 Å². The molecule has 2 N–H and O–H groups in total. The molecular weight excluding hydrogens is 427 g/mol. The van der Waals surface area contributed by atoms with Gasteiger partial charge in [0.2, 0.25) is 0 Å². The van der Waals surface area contributed by atoms with E-state index in [9.17, 15) is 14.0 Å². The van der Waals surface area contributed by atoms with Gasteiger partial charge in [-0.3, -0.25) is 0 Å². The average Bonchev–Trinajstić information content (AvgIpc) is 2.77. The molecule has 1 unspecified atom stereocenters. The zero-order valence-corrected chi connectivity index (χ0v) is 18.0. The molecule has 0 fully saturated rings. The first kappa shape index (κ1) is 22.4. The first-order valence-electron chi connectivity index (χ1n) is 9.52.